The van der Waals surface area contributed by atoms with Gasteiger partial charge in [0.25, 0.3) is 0 Å². The minimum absolute atomic E-state index is 0.352. The third-order valence-corrected chi connectivity index (χ3v) is 7.32. The molecule has 1 aromatic rings. The van der Waals surface area contributed by atoms with Crippen molar-refractivity contribution in [2.45, 2.75) is 88.7 Å². The number of rotatable bonds is 2. The standard InChI is InChI=1S/C21H32BNO3/c1-19(2)20(3,4)26-22(25-19)16-9-6-8-15(12-16)21(24)13-17-10-7-11-18(14-21)23(17)5/h6,8-9,12,17-18,24H,7,10-11,13-14H2,1-5H3. The molecular weight excluding hydrogens is 325 g/mol. The number of aliphatic hydroxyl groups is 1. The van der Waals surface area contributed by atoms with Crippen molar-refractivity contribution in [3.8, 4) is 0 Å². The molecule has 0 radical (unpaired) electrons. The molecule has 3 fully saturated rings. The van der Waals surface area contributed by atoms with Crippen molar-refractivity contribution in [1.29, 1.82) is 0 Å². The lowest BCUT2D eigenvalue weighted by atomic mass is 9.70. The first kappa shape index (κ1) is 18.5. The summed E-state index contributed by atoms with van der Waals surface area (Å²) < 4.78 is 12.4. The van der Waals surface area contributed by atoms with Crippen LogP contribution in [0.3, 0.4) is 0 Å². The minimum atomic E-state index is -0.748. The van der Waals surface area contributed by atoms with Gasteiger partial charge in [-0.15, -0.1) is 0 Å². The van der Waals surface area contributed by atoms with E-state index < -0.39 is 5.60 Å². The van der Waals surface area contributed by atoms with Crippen LogP contribution in [-0.4, -0.2) is 47.5 Å². The molecule has 0 spiro atoms. The van der Waals surface area contributed by atoms with Gasteiger partial charge in [0, 0.05) is 12.1 Å². The average molecular weight is 357 g/mol. The molecule has 2 atom stereocenters. The topological polar surface area (TPSA) is 41.9 Å². The first-order chi connectivity index (χ1) is 12.1. The van der Waals surface area contributed by atoms with Crippen molar-refractivity contribution < 1.29 is 14.4 Å². The van der Waals surface area contributed by atoms with Gasteiger partial charge in [-0.25, -0.2) is 0 Å². The zero-order valence-corrected chi connectivity index (χ0v) is 16.8. The molecule has 1 aromatic carbocycles. The highest BCUT2D eigenvalue weighted by molar-refractivity contribution is 6.62. The van der Waals surface area contributed by atoms with Crippen LogP contribution in [0.2, 0.25) is 0 Å². The fourth-order valence-electron chi connectivity index (χ4n) is 4.84. The van der Waals surface area contributed by atoms with Gasteiger partial charge in [-0.3, -0.25) is 0 Å². The van der Waals surface area contributed by atoms with Gasteiger partial charge >= 0.3 is 7.12 Å². The number of benzene rings is 1. The van der Waals surface area contributed by atoms with Crippen LogP contribution in [0.4, 0.5) is 0 Å². The lowest BCUT2D eigenvalue weighted by Gasteiger charge is -2.51. The van der Waals surface area contributed by atoms with Gasteiger partial charge in [-0.1, -0.05) is 30.7 Å². The molecule has 0 aromatic heterocycles. The highest BCUT2D eigenvalue weighted by Gasteiger charge is 2.52. The monoisotopic (exact) mass is 357 g/mol. The second-order valence-electron chi connectivity index (χ2n) is 9.56. The van der Waals surface area contributed by atoms with Crippen molar-refractivity contribution >= 4 is 12.6 Å². The Kier molecular flexibility index (Phi) is 4.31. The zero-order valence-electron chi connectivity index (χ0n) is 16.8. The van der Waals surface area contributed by atoms with Gasteiger partial charge in [0.15, 0.2) is 0 Å². The molecule has 4 nitrogen and oxygen atoms in total. The number of hydrogen-bond donors (Lipinski definition) is 1. The molecule has 3 saturated heterocycles. The molecule has 2 bridgehead atoms. The van der Waals surface area contributed by atoms with E-state index in [4.69, 9.17) is 9.31 Å². The molecule has 3 aliphatic heterocycles. The van der Waals surface area contributed by atoms with E-state index in [1.165, 1.54) is 19.3 Å². The van der Waals surface area contributed by atoms with E-state index in [-0.39, 0.29) is 18.3 Å². The van der Waals surface area contributed by atoms with Crippen molar-refractivity contribution in [3.05, 3.63) is 29.8 Å². The van der Waals surface area contributed by atoms with Crippen LogP contribution < -0.4 is 5.46 Å². The van der Waals surface area contributed by atoms with Crippen LogP contribution >= 0.6 is 0 Å². The Morgan fingerprint density at radius 2 is 1.62 bits per heavy atom. The summed E-state index contributed by atoms with van der Waals surface area (Å²) in [5.74, 6) is 0. The van der Waals surface area contributed by atoms with Crippen molar-refractivity contribution in [3.63, 3.8) is 0 Å². The molecule has 3 aliphatic rings. The summed E-state index contributed by atoms with van der Waals surface area (Å²) in [7, 11) is 1.84. The lowest BCUT2D eigenvalue weighted by molar-refractivity contribution is -0.0874. The number of nitrogens with zero attached hydrogens (tertiary/aromatic N) is 1. The molecular formula is C21H32BNO3. The predicted octanol–water partition coefficient (Wildman–Crippen LogP) is 2.82. The van der Waals surface area contributed by atoms with E-state index in [9.17, 15) is 5.11 Å². The van der Waals surface area contributed by atoms with Crippen molar-refractivity contribution in [1.82, 2.24) is 4.90 Å². The molecule has 0 saturated carbocycles. The zero-order chi connectivity index (χ0) is 18.7. The van der Waals surface area contributed by atoms with E-state index >= 15 is 0 Å². The fraction of sp³-hybridized carbons (Fsp3) is 0.714. The lowest BCUT2D eigenvalue weighted by Crippen LogP contribution is -2.55. The molecule has 5 heteroatoms. The third-order valence-electron chi connectivity index (χ3n) is 7.32. The normalized spacial score (nSPS) is 36.3. The molecule has 26 heavy (non-hydrogen) atoms. The van der Waals surface area contributed by atoms with Gasteiger partial charge in [0.2, 0.25) is 0 Å². The van der Waals surface area contributed by atoms with Gasteiger partial charge in [0.1, 0.15) is 0 Å². The summed E-state index contributed by atoms with van der Waals surface area (Å²) in [6, 6.07) is 9.20. The maximum Gasteiger partial charge on any atom is 0.494 e. The van der Waals surface area contributed by atoms with E-state index in [1.54, 1.807) is 0 Å². The molecule has 4 rings (SSSR count). The summed E-state index contributed by atoms with van der Waals surface area (Å²) >= 11 is 0. The Hall–Kier alpha value is -0.875. The van der Waals surface area contributed by atoms with Crippen LogP contribution in [-0.2, 0) is 14.9 Å². The Balaban J connectivity index is 1.61. The van der Waals surface area contributed by atoms with Gasteiger partial charge < -0.3 is 19.3 Å². The van der Waals surface area contributed by atoms with Crippen LogP contribution in [0.15, 0.2) is 24.3 Å². The van der Waals surface area contributed by atoms with Gasteiger partial charge in [-0.2, -0.15) is 0 Å². The SMILES string of the molecule is CN1C2CCCC1CC(O)(c1cccc(B3OC(C)(C)C(C)(C)O3)c1)C2. The minimum Gasteiger partial charge on any atom is -0.399 e. The smallest absolute Gasteiger partial charge is 0.399 e. The van der Waals surface area contributed by atoms with E-state index in [2.05, 4.69) is 51.8 Å². The fourth-order valence-corrected chi connectivity index (χ4v) is 4.84. The van der Waals surface area contributed by atoms with Gasteiger partial charge in [-0.05, 0) is 71.5 Å². The molecule has 3 heterocycles. The molecule has 0 aliphatic carbocycles. The maximum atomic E-state index is 11.5. The van der Waals surface area contributed by atoms with Crippen molar-refractivity contribution in [2.24, 2.45) is 0 Å². The predicted molar refractivity (Wildman–Crippen MR) is 104 cm³/mol. The number of fused-ring (bicyclic) bond motifs is 2. The Labute approximate surface area is 158 Å². The summed E-state index contributed by atoms with van der Waals surface area (Å²) in [6.45, 7) is 8.29. The van der Waals surface area contributed by atoms with E-state index in [0.717, 1.165) is 23.9 Å². The van der Waals surface area contributed by atoms with Crippen molar-refractivity contribution in [2.75, 3.05) is 7.05 Å². The van der Waals surface area contributed by atoms with Gasteiger partial charge in [0.05, 0.1) is 16.8 Å². The summed E-state index contributed by atoms with van der Waals surface area (Å²) in [6.07, 6.45) is 5.28. The molecule has 0 amide bonds. The van der Waals surface area contributed by atoms with Crippen LogP contribution in [0.5, 0.6) is 0 Å². The second kappa shape index (κ2) is 6.06. The first-order valence-corrected chi connectivity index (χ1v) is 10.0. The van der Waals surface area contributed by atoms with Crippen LogP contribution in [0.25, 0.3) is 0 Å². The summed E-state index contributed by atoms with van der Waals surface area (Å²) in [5.41, 5.74) is 0.556. The average Bonchev–Trinajstić information content (AvgIpc) is 2.77. The number of piperidine rings is 2. The van der Waals surface area contributed by atoms with Crippen LogP contribution in [0.1, 0.15) is 65.4 Å². The Bertz CT molecular complexity index is 660. The van der Waals surface area contributed by atoms with E-state index in [1.807, 2.05) is 12.1 Å². The Morgan fingerprint density at radius 1 is 1.04 bits per heavy atom. The largest absolute Gasteiger partial charge is 0.494 e. The van der Waals surface area contributed by atoms with Crippen LogP contribution in [0, 0.1) is 0 Å². The van der Waals surface area contributed by atoms with E-state index in [0.29, 0.717) is 12.1 Å². The Morgan fingerprint density at radius 3 is 2.19 bits per heavy atom. The quantitative estimate of drug-likeness (QED) is 0.827. The molecule has 1 N–H and O–H groups in total. The second-order valence-corrected chi connectivity index (χ2v) is 9.56. The first-order valence-electron chi connectivity index (χ1n) is 10.0. The maximum absolute atomic E-state index is 11.5. The molecule has 2 unspecified atom stereocenters. The highest BCUT2D eigenvalue weighted by Crippen LogP contribution is 2.43. The number of hydrogen-bond acceptors (Lipinski definition) is 4. The third kappa shape index (κ3) is 2.93. The summed E-state index contributed by atoms with van der Waals surface area (Å²) in [4.78, 5) is 2.48. The molecule has 142 valence electrons. The highest BCUT2D eigenvalue weighted by atomic mass is 16.7. The summed E-state index contributed by atoms with van der Waals surface area (Å²) in [5, 5.41) is 11.5.